The van der Waals surface area contributed by atoms with Crippen LogP contribution >= 0.6 is 0 Å². The molecule has 4 heterocycles. The predicted octanol–water partition coefficient (Wildman–Crippen LogP) is 8.49. The molecule has 0 radical (unpaired) electrons. The predicted molar refractivity (Wildman–Crippen MR) is 194 cm³/mol. The molecule has 46 heavy (non-hydrogen) atoms. The molecular weight excluding hydrogens is 557 g/mol. The highest BCUT2D eigenvalue weighted by molar-refractivity contribution is 7.01. The van der Waals surface area contributed by atoms with Gasteiger partial charge >= 0.3 is 0 Å². The van der Waals surface area contributed by atoms with Gasteiger partial charge in [-0.25, -0.2) is 0 Å². The van der Waals surface area contributed by atoms with Crippen LogP contribution in [0.25, 0.3) is 55.0 Å². The van der Waals surface area contributed by atoms with Crippen molar-refractivity contribution in [2.45, 2.75) is 0 Å². The van der Waals surface area contributed by atoms with Crippen molar-refractivity contribution in [3.63, 3.8) is 0 Å². The Morgan fingerprint density at radius 3 is 1.65 bits per heavy atom. The van der Waals surface area contributed by atoms with Crippen molar-refractivity contribution in [2.75, 3.05) is 4.90 Å². The second kappa shape index (κ2) is 8.80. The SMILES string of the molecule is c1ccc(N2c3ccccc3B3c4c2cccc4-n2c4ccccc4c4cc5c6ccccc6n(-c6ccccc6)c5c3c42)cc1. The fourth-order valence-corrected chi connectivity index (χ4v) is 8.58. The molecule has 9 aromatic rings. The summed E-state index contributed by atoms with van der Waals surface area (Å²) < 4.78 is 5.07. The maximum Gasteiger partial charge on any atom is 0.254 e. The van der Waals surface area contributed by atoms with E-state index in [1.54, 1.807) is 0 Å². The number of benzene rings is 7. The molecule has 2 aliphatic heterocycles. The molecule has 3 nitrogen and oxygen atoms in total. The molecule has 0 unspecified atom stereocenters. The molecule has 0 fully saturated rings. The van der Waals surface area contributed by atoms with Crippen LogP contribution in [-0.2, 0) is 0 Å². The molecule has 0 saturated carbocycles. The molecular formula is C42H26BN3. The molecule has 0 amide bonds. The smallest absolute Gasteiger partial charge is 0.254 e. The molecule has 2 aromatic heterocycles. The topological polar surface area (TPSA) is 13.1 Å². The first-order valence-electron chi connectivity index (χ1n) is 16.0. The van der Waals surface area contributed by atoms with Gasteiger partial charge in [0, 0.05) is 50.0 Å². The van der Waals surface area contributed by atoms with Crippen LogP contribution in [0.3, 0.4) is 0 Å². The van der Waals surface area contributed by atoms with E-state index in [2.05, 4.69) is 172 Å². The highest BCUT2D eigenvalue weighted by Crippen LogP contribution is 2.44. The van der Waals surface area contributed by atoms with Crippen molar-refractivity contribution in [3.05, 3.63) is 158 Å². The maximum absolute atomic E-state index is 2.55. The highest BCUT2D eigenvalue weighted by atomic mass is 15.2. The second-order valence-corrected chi connectivity index (χ2v) is 12.5. The van der Waals surface area contributed by atoms with Crippen LogP contribution in [0, 0.1) is 0 Å². The van der Waals surface area contributed by atoms with E-state index in [4.69, 9.17) is 0 Å². The Morgan fingerprint density at radius 2 is 0.913 bits per heavy atom. The van der Waals surface area contributed by atoms with Crippen LogP contribution in [0.1, 0.15) is 0 Å². The molecule has 0 spiro atoms. The van der Waals surface area contributed by atoms with E-state index in [0.717, 1.165) is 0 Å². The Balaban J connectivity index is 1.41. The number of para-hydroxylation sites is 5. The Bertz CT molecular complexity index is 2700. The molecule has 4 heteroatoms. The monoisotopic (exact) mass is 583 g/mol. The lowest BCUT2D eigenvalue weighted by Crippen LogP contribution is -2.60. The molecule has 0 bridgehead atoms. The number of aromatic nitrogens is 2. The number of anilines is 3. The third-order valence-electron chi connectivity index (χ3n) is 10.3. The lowest BCUT2D eigenvalue weighted by atomic mass is 9.33. The van der Waals surface area contributed by atoms with E-state index < -0.39 is 0 Å². The zero-order valence-corrected chi connectivity index (χ0v) is 24.9. The number of hydrogen-bond donors (Lipinski definition) is 0. The molecule has 11 rings (SSSR count). The maximum atomic E-state index is 2.55. The van der Waals surface area contributed by atoms with E-state index >= 15 is 0 Å². The first-order valence-corrected chi connectivity index (χ1v) is 16.0. The minimum atomic E-state index is 0.0529. The first-order chi connectivity index (χ1) is 22.9. The minimum Gasteiger partial charge on any atom is -0.311 e. The van der Waals surface area contributed by atoms with Gasteiger partial charge in [0.15, 0.2) is 0 Å². The van der Waals surface area contributed by atoms with Gasteiger partial charge in [-0.2, -0.15) is 0 Å². The number of rotatable bonds is 2. The molecule has 0 aliphatic carbocycles. The average Bonchev–Trinajstić information content (AvgIpc) is 3.64. The van der Waals surface area contributed by atoms with Crippen molar-refractivity contribution in [3.8, 4) is 11.4 Å². The third-order valence-corrected chi connectivity index (χ3v) is 10.3. The number of fused-ring (bicyclic) bond motifs is 11. The summed E-state index contributed by atoms with van der Waals surface area (Å²) >= 11 is 0. The average molecular weight is 584 g/mol. The molecule has 212 valence electrons. The largest absolute Gasteiger partial charge is 0.311 e. The van der Waals surface area contributed by atoms with Crippen LogP contribution in [0.2, 0.25) is 0 Å². The van der Waals surface area contributed by atoms with E-state index in [1.165, 1.54) is 88.4 Å². The van der Waals surface area contributed by atoms with Crippen LogP contribution in [0.4, 0.5) is 17.1 Å². The summed E-state index contributed by atoms with van der Waals surface area (Å²) in [4.78, 5) is 2.46. The molecule has 7 aromatic carbocycles. The van der Waals surface area contributed by atoms with Gasteiger partial charge in [0.1, 0.15) is 0 Å². The Hall–Kier alpha value is -6.00. The standard InChI is InChI=1S/C42H26BN3/c1-3-14-27(15-4-1)44-36-23-12-9-20-33(36)43-39-37(44)24-13-25-38(39)46-35-22-11-8-19-30(35)32-26-31-29-18-7-10-21-34(29)45(28-16-5-2-6-17-28)41(31)40(43)42(32)46/h1-26H. The van der Waals surface area contributed by atoms with Gasteiger partial charge < -0.3 is 14.0 Å². The van der Waals surface area contributed by atoms with Crippen LogP contribution < -0.4 is 21.3 Å². The van der Waals surface area contributed by atoms with Gasteiger partial charge in [-0.1, -0.05) is 97.1 Å². The van der Waals surface area contributed by atoms with Gasteiger partial charge in [0.2, 0.25) is 0 Å². The molecule has 0 N–H and O–H groups in total. The first kappa shape index (κ1) is 24.3. The van der Waals surface area contributed by atoms with E-state index in [9.17, 15) is 0 Å². The van der Waals surface area contributed by atoms with E-state index in [-0.39, 0.29) is 6.71 Å². The second-order valence-electron chi connectivity index (χ2n) is 12.5. The van der Waals surface area contributed by atoms with Gasteiger partial charge in [-0.05, 0) is 77.1 Å². The Morgan fingerprint density at radius 1 is 0.370 bits per heavy atom. The summed E-state index contributed by atoms with van der Waals surface area (Å²) in [7, 11) is 0. The summed E-state index contributed by atoms with van der Waals surface area (Å²) in [5.41, 5.74) is 15.2. The van der Waals surface area contributed by atoms with Crippen molar-refractivity contribution in [2.24, 2.45) is 0 Å². The van der Waals surface area contributed by atoms with E-state index in [1.807, 2.05) is 0 Å². The normalized spacial score (nSPS) is 13.1. The summed E-state index contributed by atoms with van der Waals surface area (Å²) in [6.45, 7) is 0.0529. The van der Waals surface area contributed by atoms with Crippen LogP contribution in [0.15, 0.2) is 158 Å². The van der Waals surface area contributed by atoms with Gasteiger partial charge in [-0.15, -0.1) is 0 Å². The summed E-state index contributed by atoms with van der Waals surface area (Å²) in [6, 6.07) is 58.0. The summed E-state index contributed by atoms with van der Waals surface area (Å²) in [5.74, 6) is 0. The number of nitrogens with zero attached hydrogens (tertiary/aromatic N) is 3. The van der Waals surface area contributed by atoms with Gasteiger partial charge in [-0.3, -0.25) is 0 Å². The van der Waals surface area contributed by atoms with Crippen molar-refractivity contribution in [1.82, 2.24) is 9.13 Å². The van der Waals surface area contributed by atoms with Crippen molar-refractivity contribution in [1.29, 1.82) is 0 Å². The number of hydrogen-bond acceptors (Lipinski definition) is 1. The molecule has 2 aliphatic rings. The minimum absolute atomic E-state index is 0.0529. The van der Waals surface area contributed by atoms with Gasteiger partial charge in [0.25, 0.3) is 6.71 Å². The lowest BCUT2D eigenvalue weighted by Gasteiger charge is -2.40. The zero-order valence-electron chi connectivity index (χ0n) is 24.9. The molecule has 0 saturated heterocycles. The third kappa shape index (κ3) is 2.94. The summed E-state index contributed by atoms with van der Waals surface area (Å²) in [5, 5.41) is 5.19. The Labute approximate surface area is 266 Å². The van der Waals surface area contributed by atoms with Crippen LogP contribution in [0.5, 0.6) is 0 Å². The van der Waals surface area contributed by atoms with Gasteiger partial charge in [0.05, 0.1) is 22.1 Å². The molecule has 0 atom stereocenters. The fourth-order valence-electron chi connectivity index (χ4n) is 8.58. The van der Waals surface area contributed by atoms with E-state index in [0.29, 0.717) is 0 Å². The fraction of sp³-hybridized carbons (Fsp3) is 0. The lowest BCUT2D eigenvalue weighted by molar-refractivity contribution is 1.16. The van der Waals surface area contributed by atoms with Crippen molar-refractivity contribution < 1.29 is 0 Å². The van der Waals surface area contributed by atoms with Crippen molar-refractivity contribution >= 4 is 83.8 Å². The summed E-state index contributed by atoms with van der Waals surface area (Å²) in [6.07, 6.45) is 0. The Kier molecular flexibility index (Phi) is 4.66. The van der Waals surface area contributed by atoms with Crippen LogP contribution in [-0.4, -0.2) is 15.8 Å². The zero-order chi connectivity index (χ0) is 29.9. The quantitative estimate of drug-likeness (QED) is 0.186. The highest BCUT2D eigenvalue weighted by Gasteiger charge is 2.43.